The van der Waals surface area contributed by atoms with Crippen LogP contribution in [-0.4, -0.2) is 32.0 Å². The van der Waals surface area contributed by atoms with E-state index in [9.17, 15) is 9.36 Å². The summed E-state index contributed by atoms with van der Waals surface area (Å²) in [5.41, 5.74) is 1.05. The average molecular weight is 264 g/mol. The van der Waals surface area contributed by atoms with Crippen molar-refractivity contribution in [3.8, 4) is 0 Å². The van der Waals surface area contributed by atoms with Crippen LogP contribution in [0.3, 0.4) is 0 Å². The van der Waals surface area contributed by atoms with Gasteiger partial charge >= 0.3 is 13.6 Å². The SMILES string of the molecule is CCOP(=O)(CC(=O)OCC=C(C)C)OCC. The monoisotopic (exact) mass is 264 g/mol. The molecule has 0 atom stereocenters. The van der Waals surface area contributed by atoms with Gasteiger partial charge in [0, 0.05) is 0 Å². The highest BCUT2D eigenvalue weighted by molar-refractivity contribution is 7.54. The summed E-state index contributed by atoms with van der Waals surface area (Å²) in [5, 5.41) is 0. The fourth-order valence-corrected chi connectivity index (χ4v) is 2.48. The van der Waals surface area contributed by atoms with Crippen LogP contribution in [0.1, 0.15) is 27.7 Å². The van der Waals surface area contributed by atoms with E-state index in [1.807, 2.05) is 13.8 Å². The zero-order chi connectivity index (χ0) is 13.3. The van der Waals surface area contributed by atoms with E-state index < -0.39 is 13.6 Å². The molecule has 0 aliphatic heterocycles. The molecule has 0 heterocycles. The Hall–Kier alpha value is -0.640. The first-order valence-corrected chi connectivity index (χ1v) is 7.33. The molecule has 0 rings (SSSR count). The van der Waals surface area contributed by atoms with E-state index >= 15 is 0 Å². The standard InChI is InChI=1S/C11H21O5P/c1-5-15-17(13,16-6-2)9-11(12)14-8-7-10(3)4/h7H,5-6,8-9H2,1-4H3. The van der Waals surface area contributed by atoms with Gasteiger partial charge in [-0.15, -0.1) is 0 Å². The maximum atomic E-state index is 12.0. The van der Waals surface area contributed by atoms with Crippen molar-refractivity contribution >= 4 is 13.6 Å². The maximum absolute atomic E-state index is 12.0. The molecule has 0 N–H and O–H groups in total. The molecule has 0 aromatic rings. The number of esters is 1. The summed E-state index contributed by atoms with van der Waals surface area (Å²) in [7, 11) is -3.33. The van der Waals surface area contributed by atoms with Gasteiger partial charge in [-0.1, -0.05) is 5.57 Å². The largest absolute Gasteiger partial charge is 0.461 e. The van der Waals surface area contributed by atoms with Gasteiger partial charge in [0.2, 0.25) is 0 Å². The third-order valence-electron chi connectivity index (χ3n) is 1.71. The molecule has 0 fully saturated rings. The topological polar surface area (TPSA) is 61.8 Å². The van der Waals surface area contributed by atoms with Crippen LogP contribution in [0.15, 0.2) is 11.6 Å². The van der Waals surface area contributed by atoms with Crippen LogP contribution in [-0.2, 0) is 23.1 Å². The summed E-state index contributed by atoms with van der Waals surface area (Å²) in [5.74, 6) is -0.576. The lowest BCUT2D eigenvalue weighted by Gasteiger charge is -2.15. The lowest BCUT2D eigenvalue weighted by molar-refractivity contribution is -0.139. The zero-order valence-electron chi connectivity index (χ0n) is 10.9. The van der Waals surface area contributed by atoms with Crippen molar-refractivity contribution in [1.29, 1.82) is 0 Å². The minimum atomic E-state index is -3.33. The Morgan fingerprint density at radius 1 is 1.18 bits per heavy atom. The van der Waals surface area contributed by atoms with Crippen LogP contribution in [0.5, 0.6) is 0 Å². The van der Waals surface area contributed by atoms with Crippen LogP contribution < -0.4 is 0 Å². The summed E-state index contributed by atoms with van der Waals surface area (Å²) in [6.07, 6.45) is 1.43. The van der Waals surface area contributed by atoms with Gasteiger partial charge in [0.05, 0.1) is 13.2 Å². The molecule has 0 aliphatic rings. The molecule has 5 nitrogen and oxygen atoms in total. The van der Waals surface area contributed by atoms with Crippen molar-refractivity contribution in [2.45, 2.75) is 27.7 Å². The van der Waals surface area contributed by atoms with Crippen molar-refractivity contribution in [1.82, 2.24) is 0 Å². The highest BCUT2D eigenvalue weighted by Gasteiger charge is 2.28. The van der Waals surface area contributed by atoms with E-state index in [4.69, 9.17) is 13.8 Å². The lowest BCUT2D eigenvalue weighted by atomic mass is 10.3. The molecule has 0 bridgehead atoms. The molecule has 0 saturated carbocycles. The number of hydrogen-bond acceptors (Lipinski definition) is 5. The summed E-state index contributed by atoms with van der Waals surface area (Å²) in [4.78, 5) is 11.4. The van der Waals surface area contributed by atoms with E-state index in [1.165, 1.54) is 0 Å². The molecule has 17 heavy (non-hydrogen) atoms. The zero-order valence-corrected chi connectivity index (χ0v) is 11.8. The average Bonchev–Trinajstić information content (AvgIpc) is 2.16. The molecular formula is C11H21O5P. The normalized spacial score (nSPS) is 11.1. The first-order valence-electron chi connectivity index (χ1n) is 5.60. The van der Waals surface area contributed by atoms with Gasteiger partial charge in [-0.05, 0) is 33.8 Å². The number of hydrogen-bond donors (Lipinski definition) is 0. The Kier molecular flexibility index (Phi) is 8.13. The van der Waals surface area contributed by atoms with Gasteiger partial charge in [-0.3, -0.25) is 9.36 Å². The maximum Gasteiger partial charge on any atom is 0.341 e. The van der Waals surface area contributed by atoms with Crippen LogP contribution in [0, 0.1) is 0 Å². The molecule has 0 spiro atoms. The minimum absolute atomic E-state index is 0.180. The molecule has 0 saturated heterocycles. The number of ether oxygens (including phenoxy) is 1. The highest BCUT2D eigenvalue weighted by Crippen LogP contribution is 2.47. The Bertz CT molecular complexity index is 297. The fraction of sp³-hybridized carbons (Fsp3) is 0.727. The third kappa shape index (κ3) is 8.13. The molecule has 0 aliphatic carbocycles. The highest BCUT2D eigenvalue weighted by atomic mass is 31.2. The molecule has 6 heteroatoms. The van der Waals surface area contributed by atoms with E-state index in [0.717, 1.165) is 5.57 Å². The van der Waals surface area contributed by atoms with E-state index in [0.29, 0.717) is 0 Å². The van der Waals surface area contributed by atoms with Crippen LogP contribution in [0.2, 0.25) is 0 Å². The van der Waals surface area contributed by atoms with Crippen molar-refractivity contribution < 1.29 is 23.1 Å². The molecule has 0 aromatic heterocycles. The molecule has 0 unspecified atom stereocenters. The first-order chi connectivity index (χ1) is 7.93. The van der Waals surface area contributed by atoms with Crippen molar-refractivity contribution in [3.63, 3.8) is 0 Å². The van der Waals surface area contributed by atoms with Gasteiger partial charge in [0.1, 0.15) is 12.8 Å². The smallest absolute Gasteiger partial charge is 0.341 e. The fourth-order valence-electron chi connectivity index (χ4n) is 1.03. The number of carbonyl (C=O) groups is 1. The second kappa shape index (κ2) is 8.45. The van der Waals surface area contributed by atoms with Gasteiger partial charge in [-0.25, -0.2) is 0 Å². The van der Waals surface area contributed by atoms with Crippen LogP contribution in [0.4, 0.5) is 0 Å². The van der Waals surface area contributed by atoms with E-state index in [1.54, 1.807) is 19.9 Å². The summed E-state index contributed by atoms with van der Waals surface area (Å²) < 4.78 is 26.8. The lowest BCUT2D eigenvalue weighted by Crippen LogP contribution is -2.13. The van der Waals surface area contributed by atoms with E-state index in [2.05, 4.69) is 0 Å². The molecule has 0 aromatic carbocycles. The van der Waals surface area contributed by atoms with Crippen molar-refractivity contribution in [3.05, 3.63) is 11.6 Å². The molecule has 0 amide bonds. The predicted molar refractivity (Wildman–Crippen MR) is 66.1 cm³/mol. The molecule has 100 valence electrons. The third-order valence-corrected chi connectivity index (χ3v) is 3.66. The Labute approximate surface area is 103 Å². The van der Waals surface area contributed by atoms with Crippen molar-refractivity contribution in [2.75, 3.05) is 26.0 Å². The Balaban J connectivity index is 4.22. The van der Waals surface area contributed by atoms with Gasteiger partial charge in [-0.2, -0.15) is 0 Å². The molecular weight excluding hydrogens is 243 g/mol. The van der Waals surface area contributed by atoms with E-state index in [-0.39, 0.29) is 26.0 Å². The van der Waals surface area contributed by atoms with Gasteiger partial charge < -0.3 is 13.8 Å². The minimum Gasteiger partial charge on any atom is -0.461 e. The number of allylic oxidation sites excluding steroid dienone is 1. The second-order valence-corrected chi connectivity index (χ2v) is 5.62. The van der Waals surface area contributed by atoms with Crippen LogP contribution >= 0.6 is 7.60 Å². The summed E-state index contributed by atoms with van der Waals surface area (Å²) >= 11 is 0. The quantitative estimate of drug-likeness (QED) is 0.383. The number of rotatable bonds is 8. The molecule has 0 radical (unpaired) electrons. The Morgan fingerprint density at radius 2 is 1.71 bits per heavy atom. The second-order valence-electron chi connectivity index (χ2n) is 3.57. The van der Waals surface area contributed by atoms with Crippen molar-refractivity contribution in [2.24, 2.45) is 0 Å². The summed E-state index contributed by atoms with van der Waals surface area (Å²) in [6.45, 7) is 7.84. The Morgan fingerprint density at radius 3 is 2.12 bits per heavy atom. The van der Waals surface area contributed by atoms with Crippen LogP contribution in [0.25, 0.3) is 0 Å². The summed E-state index contributed by atoms with van der Waals surface area (Å²) in [6, 6.07) is 0. The van der Waals surface area contributed by atoms with Gasteiger partial charge in [0.25, 0.3) is 0 Å². The number of carbonyl (C=O) groups excluding carboxylic acids is 1. The predicted octanol–water partition coefficient (Wildman–Crippen LogP) is 2.76. The van der Waals surface area contributed by atoms with Gasteiger partial charge in [0.15, 0.2) is 0 Å². The first kappa shape index (κ1) is 16.4.